The molecule has 0 bridgehead atoms. The highest BCUT2D eigenvalue weighted by atomic mass is 16.5. The summed E-state index contributed by atoms with van der Waals surface area (Å²) in [5.74, 6) is 1.55. The second kappa shape index (κ2) is 5.95. The first-order chi connectivity index (χ1) is 11.1. The Bertz CT molecular complexity index is 681. The van der Waals surface area contributed by atoms with Crippen molar-refractivity contribution in [3.8, 4) is 34.7 Å². The molecule has 0 unspecified atom stereocenters. The summed E-state index contributed by atoms with van der Waals surface area (Å²) in [4.78, 5) is 0. The highest BCUT2D eigenvalue weighted by Gasteiger charge is 2.26. The molecule has 1 aliphatic rings. The molecule has 1 aliphatic carbocycles. The monoisotopic (exact) mass is 319 g/mol. The molecule has 1 heterocycles. The van der Waals surface area contributed by atoms with Gasteiger partial charge in [-0.05, 0) is 25.7 Å². The Labute approximate surface area is 134 Å². The topological polar surface area (TPSA) is 73.1 Å². The standard InChI is InChI=1S/C17H21NO5/c1-21-13-8-10(9-14(22-2)15(13)23-3)18-16(19)11-6-4-5-7-12(11)17(18)20/h8-9,19-20H,4-7H2,1-3H3. The summed E-state index contributed by atoms with van der Waals surface area (Å²) in [6.07, 6.45) is 3.57. The van der Waals surface area contributed by atoms with Crippen LogP contribution in [0.1, 0.15) is 24.0 Å². The summed E-state index contributed by atoms with van der Waals surface area (Å²) in [5.41, 5.74) is 2.20. The lowest BCUT2D eigenvalue weighted by molar-refractivity contribution is 0.323. The Kier molecular flexibility index (Phi) is 3.98. The third-order valence-electron chi connectivity index (χ3n) is 4.34. The van der Waals surface area contributed by atoms with Gasteiger partial charge in [0.05, 0.1) is 27.0 Å². The number of nitrogens with zero attached hydrogens (tertiary/aromatic N) is 1. The van der Waals surface area contributed by atoms with Gasteiger partial charge in [0, 0.05) is 23.3 Å². The predicted octanol–water partition coefficient (Wildman–Crippen LogP) is 2.79. The van der Waals surface area contributed by atoms with Crippen LogP contribution in [0.15, 0.2) is 12.1 Å². The van der Waals surface area contributed by atoms with Crippen LogP contribution in [-0.2, 0) is 12.8 Å². The van der Waals surface area contributed by atoms with E-state index in [1.54, 1.807) is 12.1 Å². The van der Waals surface area contributed by atoms with E-state index in [1.807, 2.05) is 0 Å². The number of fused-ring (bicyclic) bond motifs is 1. The Morgan fingerprint density at radius 2 is 1.30 bits per heavy atom. The van der Waals surface area contributed by atoms with Crippen molar-refractivity contribution in [2.75, 3.05) is 21.3 Å². The number of ether oxygens (including phenoxy) is 3. The summed E-state index contributed by atoms with van der Waals surface area (Å²) >= 11 is 0. The zero-order valence-corrected chi connectivity index (χ0v) is 13.5. The van der Waals surface area contributed by atoms with Crippen LogP contribution in [0.4, 0.5) is 0 Å². The number of benzene rings is 1. The smallest absolute Gasteiger partial charge is 0.203 e. The molecular formula is C17H21NO5. The maximum absolute atomic E-state index is 10.6. The summed E-state index contributed by atoms with van der Waals surface area (Å²) in [6.45, 7) is 0. The van der Waals surface area contributed by atoms with Crippen LogP contribution in [-0.4, -0.2) is 36.1 Å². The van der Waals surface area contributed by atoms with E-state index < -0.39 is 0 Å². The van der Waals surface area contributed by atoms with Gasteiger partial charge in [-0.2, -0.15) is 0 Å². The molecule has 23 heavy (non-hydrogen) atoms. The molecule has 6 heteroatoms. The van der Waals surface area contributed by atoms with E-state index in [-0.39, 0.29) is 11.8 Å². The van der Waals surface area contributed by atoms with Gasteiger partial charge in [0.2, 0.25) is 17.5 Å². The van der Waals surface area contributed by atoms with E-state index in [0.717, 1.165) is 36.8 Å². The second-order valence-corrected chi connectivity index (χ2v) is 5.53. The van der Waals surface area contributed by atoms with Crippen LogP contribution in [0.3, 0.4) is 0 Å². The average Bonchev–Trinajstić information content (AvgIpc) is 2.85. The van der Waals surface area contributed by atoms with Gasteiger partial charge in [0.25, 0.3) is 0 Å². The lowest BCUT2D eigenvalue weighted by Gasteiger charge is -2.15. The SMILES string of the molecule is COc1cc(-n2c(O)c3c(c2O)CCCC3)cc(OC)c1OC. The summed E-state index contributed by atoms with van der Waals surface area (Å²) in [5, 5.41) is 21.1. The molecule has 2 N–H and O–H groups in total. The van der Waals surface area contributed by atoms with Crippen LogP contribution >= 0.6 is 0 Å². The van der Waals surface area contributed by atoms with E-state index in [2.05, 4.69) is 0 Å². The van der Waals surface area contributed by atoms with Gasteiger partial charge in [-0.1, -0.05) is 0 Å². The van der Waals surface area contributed by atoms with Crippen molar-refractivity contribution in [3.63, 3.8) is 0 Å². The van der Waals surface area contributed by atoms with Crippen LogP contribution in [0.5, 0.6) is 29.0 Å². The van der Waals surface area contributed by atoms with E-state index in [4.69, 9.17) is 14.2 Å². The Morgan fingerprint density at radius 3 is 1.70 bits per heavy atom. The molecule has 124 valence electrons. The van der Waals surface area contributed by atoms with Crippen LogP contribution < -0.4 is 14.2 Å². The van der Waals surface area contributed by atoms with Gasteiger partial charge in [-0.25, -0.2) is 0 Å². The Morgan fingerprint density at radius 1 is 0.826 bits per heavy atom. The van der Waals surface area contributed by atoms with Gasteiger partial charge >= 0.3 is 0 Å². The average molecular weight is 319 g/mol. The van der Waals surface area contributed by atoms with Gasteiger partial charge < -0.3 is 24.4 Å². The molecule has 0 amide bonds. The molecule has 2 aromatic rings. The number of aromatic nitrogens is 1. The van der Waals surface area contributed by atoms with Crippen molar-refractivity contribution in [1.82, 2.24) is 4.57 Å². The fraction of sp³-hybridized carbons (Fsp3) is 0.412. The van der Waals surface area contributed by atoms with Crippen LogP contribution in [0.2, 0.25) is 0 Å². The lowest BCUT2D eigenvalue weighted by Crippen LogP contribution is -1.99. The van der Waals surface area contributed by atoms with E-state index >= 15 is 0 Å². The molecule has 0 atom stereocenters. The zero-order valence-electron chi connectivity index (χ0n) is 13.5. The number of hydrogen-bond acceptors (Lipinski definition) is 5. The first kappa shape index (κ1) is 15.4. The fourth-order valence-electron chi connectivity index (χ4n) is 3.21. The van der Waals surface area contributed by atoms with E-state index in [1.165, 1.54) is 25.9 Å². The molecule has 1 aromatic heterocycles. The quantitative estimate of drug-likeness (QED) is 0.906. The van der Waals surface area contributed by atoms with Crippen molar-refractivity contribution < 1.29 is 24.4 Å². The highest BCUT2D eigenvalue weighted by molar-refractivity contribution is 5.62. The van der Waals surface area contributed by atoms with Gasteiger partial charge in [-0.15, -0.1) is 0 Å². The molecule has 0 saturated carbocycles. The normalized spacial score (nSPS) is 13.5. The number of rotatable bonds is 4. The Balaban J connectivity index is 2.21. The number of hydrogen-bond donors (Lipinski definition) is 2. The van der Waals surface area contributed by atoms with Crippen molar-refractivity contribution in [3.05, 3.63) is 23.3 Å². The van der Waals surface area contributed by atoms with Crippen molar-refractivity contribution in [1.29, 1.82) is 0 Å². The summed E-state index contributed by atoms with van der Waals surface area (Å²) in [7, 11) is 4.59. The number of methoxy groups -OCH3 is 3. The van der Waals surface area contributed by atoms with Crippen molar-refractivity contribution >= 4 is 0 Å². The van der Waals surface area contributed by atoms with Crippen LogP contribution in [0.25, 0.3) is 5.69 Å². The number of aromatic hydroxyl groups is 2. The van der Waals surface area contributed by atoms with Crippen molar-refractivity contribution in [2.24, 2.45) is 0 Å². The molecule has 6 nitrogen and oxygen atoms in total. The second-order valence-electron chi connectivity index (χ2n) is 5.53. The zero-order chi connectivity index (χ0) is 16.6. The van der Waals surface area contributed by atoms with E-state index in [9.17, 15) is 10.2 Å². The van der Waals surface area contributed by atoms with E-state index in [0.29, 0.717) is 22.9 Å². The molecule has 0 aliphatic heterocycles. The maximum atomic E-state index is 10.6. The minimum Gasteiger partial charge on any atom is -0.494 e. The lowest BCUT2D eigenvalue weighted by atomic mass is 9.95. The van der Waals surface area contributed by atoms with Gasteiger partial charge in [0.15, 0.2) is 11.5 Å². The predicted molar refractivity (Wildman–Crippen MR) is 85.4 cm³/mol. The fourth-order valence-corrected chi connectivity index (χ4v) is 3.21. The summed E-state index contributed by atoms with van der Waals surface area (Å²) < 4.78 is 17.4. The first-order valence-corrected chi connectivity index (χ1v) is 7.57. The Hall–Kier alpha value is -2.50. The van der Waals surface area contributed by atoms with Crippen LogP contribution in [0, 0.1) is 0 Å². The van der Waals surface area contributed by atoms with Gasteiger partial charge in [-0.3, -0.25) is 4.57 Å². The highest BCUT2D eigenvalue weighted by Crippen LogP contribution is 2.45. The van der Waals surface area contributed by atoms with Crippen molar-refractivity contribution in [2.45, 2.75) is 25.7 Å². The molecule has 0 saturated heterocycles. The third-order valence-corrected chi connectivity index (χ3v) is 4.34. The van der Waals surface area contributed by atoms with Gasteiger partial charge in [0.1, 0.15) is 0 Å². The molecule has 1 aromatic carbocycles. The summed E-state index contributed by atoms with van der Waals surface area (Å²) in [6, 6.07) is 3.40. The third kappa shape index (κ3) is 2.34. The minimum atomic E-state index is 0.0754. The molecule has 0 radical (unpaired) electrons. The largest absolute Gasteiger partial charge is 0.494 e. The molecule has 0 spiro atoms. The molecule has 3 rings (SSSR count). The maximum Gasteiger partial charge on any atom is 0.203 e. The first-order valence-electron chi connectivity index (χ1n) is 7.57. The molecular weight excluding hydrogens is 298 g/mol. The molecule has 0 fully saturated rings. The minimum absolute atomic E-state index is 0.0754.